The minimum Gasteiger partial charge on any atom is -0.493 e. The number of benzene rings is 2. The van der Waals surface area contributed by atoms with Gasteiger partial charge in [0.15, 0.2) is 5.78 Å². The number of ketones is 1. The molecule has 1 fully saturated rings. The first-order chi connectivity index (χ1) is 15.5. The number of carbonyl (C=O) groups is 1. The molecule has 1 saturated carbocycles. The summed E-state index contributed by atoms with van der Waals surface area (Å²) in [5, 5.41) is 0. The lowest BCUT2D eigenvalue weighted by molar-refractivity contribution is 0.0945. The molecule has 1 spiro atoms. The Morgan fingerprint density at radius 3 is 2.56 bits per heavy atom. The standard InChI is InChI=1S/C29H39NO2/c1-4-22-12-13-23-20-29(21-24(23)19-22)16-14-25(15-17-29)30(3)18-8-10-27(31)26-9-6-7-11-28(26)32-5-2/h6-7,9,11-13,19,25H,4-5,8,10,14-18,20-21H2,1-3H3. The Hall–Kier alpha value is -2.13. The number of hydrogen-bond donors (Lipinski definition) is 0. The van der Waals surface area contributed by atoms with Crippen molar-refractivity contribution < 1.29 is 9.53 Å². The first-order valence-corrected chi connectivity index (χ1v) is 12.6. The molecule has 3 heteroatoms. The van der Waals surface area contributed by atoms with Gasteiger partial charge in [-0.3, -0.25) is 4.79 Å². The Kier molecular flexibility index (Phi) is 7.35. The van der Waals surface area contributed by atoms with Crippen LogP contribution in [-0.2, 0) is 19.3 Å². The smallest absolute Gasteiger partial charge is 0.166 e. The van der Waals surface area contributed by atoms with Crippen molar-refractivity contribution in [3.8, 4) is 5.75 Å². The summed E-state index contributed by atoms with van der Waals surface area (Å²) >= 11 is 0. The third kappa shape index (κ3) is 5.09. The van der Waals surface area contributed by atoms with Crippen LogP contribution in [0.2, 0.25) is 0 Å². The molecule has 2 aromatic rings. The number of aryl methyl sites for hydroxylation is 1. The minimum atomic E-state index is 0.195. The number of rotatable bonds is 9. The van der Waals surface area contributed by atoms with Crippen molar-refractivity contribution in [2.24, 2.45) is 5.41 Å². The van der Waals surface area contributed by atoms with Crippen LogP contribution in [0.1, 0.15) is 79.4 Å². The van der Waals surface area contributed by atoms with Crippen LogP contribution < -0.4 is 4.74 Å². The number of para-hydroxylation sites is 1. The van der Waals surface area contributed by atoms with Crippen LogP contribution in [0.15, 0.2) is 42.5 Å². The lowest BCUT2D eigenvalue weighted by atomic mass is 9.70. The average molecular weight is 434 g/mol. The van der Waals surface area contributed by atoms with Gasteiger partial charge in [0, 0.05) is 12.5 Å². The van der Waals surface area contributed by atoms with Gasteiger partial charge in [-0.2, -0.15) is 0 Å². The number of nitrogens with zero attached hydrogens (tertiary/aromatic N) is 1. The van der Waals surface area contributed by atoms with Crippen LogP contribution in [0.5, 0.6) is 5.75 Å². The van der Waals surface area contributed by atoms with Gasteiger partial charge in [-0.05, 0) is 106 Å². The summed E-state index contributed by atoms with van der Waals surface area (Å²) in [6.07, 6.45) is 10.4. The molecule has 2 aromatic carbocycles. The molecule has 0 N–H and O–H groups in total. The van der Waals surface area contributed by atoms with Gasteiger partial charge in [-0.25, -0.2) is 0 Å². The Labute approximate surface area is 194 Å². The Balaban J connectivity index is 1.24. The van der Waals surface area contributed by atoms with Crippen molar-refractivity contribution in [2.45, 2.75) is 77.7 Å². The molecule has 0 saturated heterocycles. The Morgan fingerprint density at radius 1 is 1.06 bits per heavy atom. The van der Waals surface area contributed by atoms with E-state index in [9.17, 15) is 4.79 Å². The van der Waals surface area contributed by atoms with Gasteiger partial charge < -0.3 is 9.64 Å². The van der Waals surface area contributed by atoms with E-state index in [1.165, 1.54) is 44.1 Å². The van der Waals surface area contributed by atoms with E-state index >= 15 is 0 Å². The fourth-order valence-corrected chi connectivity index (χ4v) is 5.90. The molecular formula is C29H39NO2. The second-order valence-electron chi connectivity index (χ2n) is 9.98. The average Bonchev–Trinajstić information content (AvgIpc) is 3.16. The molecular weight excluding hydrogens is 394 g/mol. The maximum Gasteiger partial charge on any atom is 0.166 e. The lowest BCUT2D eigenvalue weighted by Gasteiger charge is -2.40. The molecule has 32 heavy (non-hydrogen) atoms. The molecule has 4 rings (SSSR count). The molecule has 0 heterocycles. The molecule has 0 aromatic heterocycles. The SMILES string of the molecule is CCOc1ccccc1C(=O)CCCN(C)C1CCC2(CC1)Cc1ccc(CC)cc1C2. The van der Waals surface area contributed by atoms with Crippen molar-refractivity contribution in [1.82, 2.24) is 4.90 Å². The summed E-state index contributed by atoms with van der Waals surface area (Å²) in [6.45, 7) is 5.78. The molecule has 0 amide bonds. The fraction of sp³-hybridized carbons (Fsp3) is 0.552. The van der Waals surface area contributed by atoms with Crippen LogP contribution in [0, 0.1) is 5.41 Å². The van der Waals surface area contributed by atoms with Gasteiger partial charge >= 0.3 is 0 Å². The number of ether oxygens (including phenoxy) is 1. The Morgan fingerprint density at radius 2 is 1.81 bits per heavy atom. The predicted octanol–water partition coefficient (Wildman–Crippen LogP) is 6.27. The quantitative estimate of drug-likeness (QED) is 0.437. The highest BCUT2D eigenvalue weighted by atomic mass is 16.5. The highest BCUT2D eigenvalue weighted by molar-refractivity contribution is 5.98. The summed E-state index contributed by atoms with van der Waals surface area (Å²) in [6, 6.07) is 15.5. The fourth-order valence-electron chi connectivity index (χ4n) is 5.90. The molecule has 0 aliphatic heterocycles. The minimum absolute atomic E-state index is 0.195. The first kappa shape index (κ1) is 23.0. The van der Waals surface area contributed by atoms with Crippen LogP contribution in [0.3, 0.4) is 0 Å². The van der Waals surface area contributed by atoms with E-state index in [2.05, 4.69) is 37.1 Å². The van der Waals surface area contributed by atoms with E-state index in [1.54, 1.807) is 11.1 Å². The second-order valence-corrected chi connectivity index (χ2v) is 9.98. The summed E-state index contributed by atoms with van der Waals surface area (Å²) in [5.41, 5.74) is 5.92. The molecule has 2 aliphatic carbocycles. The monoisotopic (exact) mass is 433 g/mol. The van der Waals surface area contributed by atoms with Crippen molar-refractivity contribution >= 4 is 5.78 Å². The van der Waals surface area contributed by atoms with Crippen LogP contribution in [0.25, 0.3) is 0 Å². The highest BCUT2D eigenvalue weighted by Crippen LogP contribution is 2.48. The van der Waals surface area contributed by atoms with Gasteiger partial charge in [0.2, 0.25) is 0 Å². The first-order valence-electron chi connectivity index (χ1n) is 12.6. The molecule has 3 nitrogen and oxygen atoms in total. The number of fused-ring (bicyclic) bond motifs is 1. The zero-order valence-corrected chi connectivity index (χ0v) is 20.2. The van der Waals surface area contributed by atoms with Crippen LogP contribution in [-0.4, -0.2) is 36.9 Å². The van der Waals surface area contributed by atoms with Gasteiger partial charge in [-0.15, -0.1) is 0 Å². The normalized spacial score (nSPS) is 22.3. The maximum absolute atomic E-state index is 12.7. The predicted molar refractivity (Wildman–Crippen MR) is 132 cm³/mol. The van der Waals surface area contributed by atoms with Crippen molar-refractivity contribution in [3.05, 3.63) is 64.7 Å². The summed E-state index contributed by atoms with van der Waals surface area (Å²) < 4.78 is 5.63. The highest BCUT2D eigenvalue weighted by Gasteiger charge is 2.40. The summed E-state index contributed by atoms with van der Waals surface area (Å²) in [5.74, 6) is 0.912. The Bertz CT molecular complexity index is 927. The number of hydrogen-bond acceptors (Lipinski definition) is 3. The maximum atomic E-state index is 12.7. The summed E-state index contributed by atoms with van der Waals surface area (Å²) in [7, 11) is 2.25. The van der Waals surface area contributed by atoms with Gasteiger partial charge in [-0.1, -0.05) is 37.3 Å². The van der Waals surface area contributed by atoms with E-state index in [4.69, 9.17) is 4.74 Å². The third-order valence-corrected chi connectivity index (χ3v) is 7.85. The molecule has 0 unspecified atom stereocenters. The van der Waals surface area contributed by atoms with Crippen molar-refractivity contribution in [1.29, 1.82) is 0 Å². The lowest BCUT2D eigenvalue weighted by Crippen LogP contribution is -2.39. The molecule has 0 atom stereocenters. The van der Waals surface area contributed by atoms with Crippen LogP contribution >= 0.6 is 0 Å². The number of Topliss-reactive ketones (excluding diaryl/α,β-unsaturated/α-hetero) is 1. The third-order valence-electron chi connectivity index (χ3n) is 7.85. The van der Waals surface area contributed by atoms with E-state index in [0.29, 0.717) is 24.5 Å². The molecule has 2 aliphatic rings. The molecule has 172 valence electrons. The van der Waals surface area contributed by atoms with Crippen LogP contribution in [0.4, 0.5) is 0 Å². The van der Waals surface area contributed by atoms with E-state index in [1.807, 2.05) is 31.2 Å². The summed E-state index contributed by atoms with van der Waals surface area (Å²) in [4.78, 5) is 15.2. The zero-order chi connectivity index (χ0) is 22.6. The largest absolute Gasteiger partial charge is 0.493 e. The van der Waals surface area contributed by atoms with Gasteiger partial charge in [0.05, 0.1) is 12.2 Å². The van der Waals surface area contributed by atoms with E-state index in [0.717, 1.165) is 30.7 Å². The van der Waals surface area contributed by atoms with E-state index in [-0.39, 0.29) is 5.78 Å². The number of carbonyl (C=O) groups excluding carboxylic acids is 1. The van der Waals surface area contributed by atoms with Gasteiger partial charge in [0.1, 0.15) is 5.75 Å². The van der Waals surface area contributed by atoms with Crippen molar-refractivity contribution in [3.63, 3.8) is 0 Å². The van der Waals surface area contributed by atoms with Gasteiger partial charge in [0.25, 0.3) is 0 Å². The second kappa shape index (κ2) is 10.2. The van der Waals surface area contributed by atoms with Crippen molar-refractivity contribution in [2.75, 3.05) is 20.2 Å². The van der Waals surface area contributed by atoms with E-state index < -0.39 is 0 Å². The molecule has 0 radical (unpaired) electrons. The molecule has 0 bridgehead atoms. The topological polar surface area (TPSA) is 29.5 Å². The zero-order valence-electron chi connectivity index (χ0n) is 20.2.